The number of rotatable bonds is 3. The zero-order valence-corrected chi connectivity index (χ0v) is 11.4. The van der Waals surface area contributed by atoms with Crippen molar-refractivity contribution in [1.82, 2.24) is 4.57 Å². The number of hydrogen-bond donors (Lipinski definition) is 1. The van der Waals surface area contributed by atoms with Gasteiger partial charge in [-0.05, 0) is 30.2 Å². The molecule has 0 bridgehead atoms. The molecule has 1 aromatic carbocycles. The van der Waals surface area contributed by atoms with Gasteiger partial charge in [-0.15, -0.1) is 0 Å². The zero-order valence-electron chi connectivity index (χ0n) is 10.6. The Balaban J connectivity index is 1.89. The molecule has 98 valence electrons. The minimum absolute atomic E-state index is 0.449. The molecule has 19 heavy (non-hydrogen) atoms. The number of thiocarbonyl (C=S) groups is 1. The predicted molar refractivity (Wildman–Crippen MR) is 79.6 cm³/mol. The van der Waals surface area contributed by atoms with Crippen LogP contribution in [0.2, 0.25) is 0 Å². The van der Waals surface area contributed by atoms with E-state index in [1.54, 1.807) is 0 Å². The minimum atomic E-state index is 0.449. The number of aromatic nitrogens is 1. The maximum absolute atomic E-state index is 5.74. The molecule has 0 saturated heterocycles. The third-order valence-electron chi connectivity index (χ3n) is 3.58. The van der Waals surface area contributed by atoms with E-state index in [4.69, 9.17) is 22.7 Å². The molecule has 1 unspecified atom stereocenters. The molecule has 3 rings (SSSR count). The Morgan fingerprint density at radius 1 is 1.32 bits per heavy atom. The molecule has 0 aliphatic carbocycles. The largest absolute Gasteiger partial charge is 0.493 e. The number of nitrogens with zero attached hydrogens (tertiary/aromatic N) is 1. The molecule has 0 fully saturated rings. The van der Waals surface area contributed by atoms with Crippen molar-refractivity contribution in [1.29, 1.82) is 0 Å². The van der Waals surface area contributed by atoms with E-state index in [1.165, 1.54) is 5.56 Å². The lowest BCUT2D eigenvalue weighted by Crippen LogP contribution is -2.21. The molecule has 1 aliphatic rings. The molecule has 2 heterocycles. The molecule has 4 heteroatoms. The second-order valence-electron chi connectivity index (χ2n) is 4.78. The van der Waals surface area contributed by atoms with Crippen LogP contribution < -0.4 is 10.5 Å². The summed E-state index contributed by atoms with van der Waals surface area (Å²) in [6.07, 6.45) is 3.05. The fraction of sp³-hybridized carbons (Fsp3) is 0.267. The van der Waals surface area contributed by atoms with Crippen LogP contribution in [0.1, 0.15) is 23.6 Å². The van der Waals surface area contributed by atoms with Gasteiger partial charge >= 0.3 is 0 Å². The van der Waals surface area contributed by atoms with Gasteiger partial charge in [-0.25, -0.2) is 0 Å². The van der Waals surface area contributed by atoms with Gasteiger partial charge in [0.25, 0.3) is 0 Å². The number of para-hydroxylation sites is 1. The maximum atomic E-state index is 5.74. The summed E-state index contributed by atoms with van der Waals surface area (Å²) in [7, 11) is 0. The number of ether oxygens (including phenoxy) is 1. The molecule has 2 N–H and O–H groups in total. The van der Waals surface area contributed by atoms with E-state index in [0.29, 0.717) is 10.9 Å². The summed E-state index contributed by atoms with van der Waals surface area (Å²) >= 11 is 5.08. The number of fused-ring (bicyclic) bond motifs is 1. The van der Waals surface area contributed by atoms with E-state index in [9.17, 15) is 0 Å². The smallest absolute Gasteiger partial charge is 0.122 e. The van der Waals surface area contributed by atoms with Crippen LogP contribution in [0.25, 0.3) is 0 Å². The van der Waals surface area contributed by atoms with Crippen LogP contribution >= 0.6 is 12.2 Å². The lowest BCUT2D eigenvalue weighted by Gasteiger charge is -2.26. The molecule has 1 aliphatic heterocycles. The molecular weight excluding hydrogens is 256 g/mol. The third kappa shape index (κ3) is 2.36. The van der Waals surface area contributed by atoms with Crippen molar-refractivity contribution in [2.45, 2.75) is 18.9 Å². The van der Waals surface area contributed by atoms with Crippen molar-refractivity contribution >= 4 is 17.2 Å². The average molecular weight is 272 g/mol. The summed E-state index contributed by atoms with van der Waals surface area (Å²) in [6.45, 7) is 1.66. The van der Waals surface area contributed by atoms with Crippen LogP contribution in [-0.2, 0) is 6.54 Å². The van der Waals surface area contributed by atoms with Gasteiger partial charge in [-0.3, -0.25) is 0 Å². The highest BCUT2D eigenvalue weighted by Gasteiger charge is 2.22. The highest BCUT2D eigenvalue weighted by atomic mass is 32.1. The van der Waals surface area contributed by atoms with E-state index in [2.05, 4.69) is 16.7 Å². The quantitative estimate of drug-likeness (QED) is 0.873. The Hall–Kier alpha value is -1.81. The summed E-state index contributed by atoms with van der Waals surface area (Å²) in [4.78, 5) is 0.449. The lowest BCUT2D eigenvalue weighted by atomic mass is 9.93. The van der Waals surface area contributed by atoms with E-state index in [1.807, 2.05) is 30.5 Å². The summed E-state index contributed by atoms with van der Waals surface area (Å²) < 4.78 is 7.82. The second kappa shape index (κ2) is 5.05. The van der Waals surface area contributed by atoms with Crippen LogP contribution in [0.4, 0.5) is 0 Å². The first-order valence-electron chi connectivity index (χ1n) is 6.42. The molecule has 0 spiro atoms. The molecule has 1 aromatic heterocycles. The SMILES string of the molecule is NC(=S)c1cccn1CC1CCOc2ccccc21. The maximum Gasteiger partial charge on any atom is 0.122 e. The van der Waals surface area contributed by atoms with E-state index >= 15 is 0 Å². The monoisotopic (exact) mass is 272 g/mol. The normalized spacial score (nSPS) is 17.6. The predicted octanol–water partition coefficient (Wildman–Crippen LogP) is 2.69. The van der Waals surface area contributed by atoms with Crippen molar-refractivity contribution in [3.05, 3.63) is 53.9 Å². The average Bonchev–Trinajstić information content (AvgIpc) is 2.87. The van der Waals surface area contributed by atoms with Crippen molar-refractivity contribution in [2.75, 3.05) is 6.61 Å². The Bertz CT molecular complexity index is 606. The van der Waals surface area contributed by atoms with Crippen LogP contribution in [-0.4, -0.2) is 16.2 Å². The summed E-state index contributed by atoms with van der Waals surface area (Å²) in [6, 6.07) is 12.2. The van der Waals surface area contributed by atoms with E-state index in [-0.39, 0.29) is 0 Å². The molecule has 0 saturated carbocycles. The highest BCUT2D eigenvalue weighted by Crippen LogP contribution is 2.34. The zero-order chi connectivity index (χ0) is 13.2. The third-order valence-corrected chi connectivity index (χ3v) is 3.79. The fourth-order valence-corrected chi connectivity index (χ4v) is 2.83. The van der Waals surface area contributed by atoms with Crippen molar-refractivity contribution in [3.8, 4) is 5.75 Å². The van der Waals surface area contributed by atoms with Crippen molar-refractivity contribution in [3.63, 3.8) is 0 Å². The van der Waals surface area contributed by atoms with Gasteiger partial charge in [-0.1, -0.05) is 30.4 Å². The van der Waals surface area contributed by atoms with Crippen LogP contribution in [0.15, 0.2) is 42.6 Å². The molecular formula is C15H16N2OS. The first-order valence-corrected chi connectivity index (χ1v) is 6.83. The van der Waals surface area contributed by atoms with Gasteiger partial charge in [0.2, 0.25) is 0 Å². The molecule has 0 amide bonds. The summed E-state index contributed by atoms with van der Waals surface area (Å²) in [5, 5.41) is 0. The van der Waals surface area contributed by atoms with Gasteiger partial charge in [0, 0.05) is 18.7 Å². The summed E-state index contributed by atoms with van der Waals surface area (Å²) in [5.41, 5.74) is 7.95. The first kappa shape index (κ1) is 12.2. The molecule has 1 atom stereocenters. The van der Waals surface area contributed by atoms with Crippen molar-refractivity contribution in [2.24, 2.45) is 5.73 Å². The highest BCUT2D eigenvalue weighted by molar-refractivity contribution is 7.80. The van der Waals surface area contributed by atoms with Crippen LogP contribution in [0.3, 0.4) is 0 Å². The van der Waals surface area contributed by atoms with Gasteiger partial charge in [0.05, 0.1) is 12.3 Å². The fourth-order valence-electron chi connectivity index (χ4n) is 2.64. The number of hydrogen-bond acceptors (Lipinski definition) is 2. The topological polar surface area (TPSA) is 40.2 Å². The van der Waals surface area contributed by atoms with E-state index < -0.39 is 0 Å². The van der Waals surface area contributed by atoms with Gasteiger partial charge in [-0.2, -0.15) is 0 Å². The lowest BCUT2D eigenvalue weighted by molar-refractivity contribution is 0.259. The molecule has 2 aromatic rings. The Morgan fingerprint density at radius 2 is 2.16 bits per heavy atom. The van der Waals surface area contributed by atoms with E-state index in [0.717, 1.165) is 31.0 Å². The van der Waals surface area contributed by atoms with Crippen LogP contribution in [0.5, 0.6) is 5.75 Å². The molecule has 0 radical (unpaired) electrons. The standard InChI is InChI=1S/C15H16N2OS/c16-15(19)13-5-3-8-17(13)10-11-7-9-18-14-6-2-1-4-12(11)14/h1-6,8,11H,7,9-10H2,(H2,16,19). The number of benzene rings is 1. The van der Waals surface area contributed by atoms with Gasteiger partial charge < -0.3 is 15.0 Å². The minimum Gasteiger partial charge on any atom is -0.493 e. The Labute approximate surface area is 118 Å². The summed E-state index contributed by atoms with van der Waals surface area (Å²) in [5.74, 6) is 1.45. The van der Waals surface area contributed by atoms with Gasteiger partial charge in [0.1, 0.15) is 10.7 Å². The van der Waals surface area contributed by atoms with Crippen molar-refractivity contribution < 1.29 is 4.74 Å². The Morgan fingerprint density at radius 3 is 3.00 bits per heavy atom. The molecule has 3 nitrogen and oxygen atoms in total. The van der Waals surface area contributed by atoms with Crippen LogP contribution in [0, 0.1) is 0 Å². The first-order chi connectivity index (χ1) is 9.25. The second-order valence-corrected chi connectivity index (χ2v) is 5.22. The Kier molecular flexibility index (Phi) is 3.25. The number of nitrogens with two attached hydrogens (primary N) is 1. The van der Waals surface area contributed by atoms with Gasteiger partial charge in [0.15, 0.2) is 0 Å².